The lowest BCUT2D eigenvalue weighted by atomic mass is 9.95. The van der Waals surface area contributed by atoms with Crippen LogP contribution in [-0.2, 0) is 19.3 Å². The molecule has 0 bridgehead atoms. The summed E-state index contributed by atoms with van der Waals surface area (Å²) >= 11 is 0. The predicted molar refractivity (Wildman–Crippen MR) is 108 cm³/mol. The lowest BCUT2D eigenvalue weighted by molar-refractivity contribution is 0.187. The third-order valence-corrected chi connectivity index (χ3v) is 5.54. The van der Waals surface area contributed by atoms with Gasteiger partial charge in [-0.15, -0.1) is 0 Å². The van der Waals surface area contributed by atoms with Gasteiger partial charge in [-0.3, -0.25) is 0 Å². The number of nitrogens with zero attached hydrogens (tertiary/aromatic N) is 3. The van der Waals surface area contributed by atoms with Crippen LogP contribution in [0.5, 0.6) is 5.75 Å². The summed E-state index contributed by atoms with van der Waals surface area (Å²) in [5.41, 5.74) is 3.65. The Morgan fingerprint density at radius 2 is 2.04 bits per heavy atom. The van der Waals surface area contributed by atoms with Gasteiger partial charge >= 0.3 is 6.03 Å². The number of fused-ring (bicyclic) bond motifs is 1. The first-order valence-corrected chi connectivity index (χ1v) is 10.3. The van der Waals surface area contributed by atoms with E-state index in [1.54, 1.807) is 0 Å². The molecule has 2 heterocycles. The Kier molecular flexibility index (Phi) is 5.74. The Morgan fingerprint density at radius 1 is 1.21 bits per heavy atom. The number of amides is 2. The maximum Gasteiger partial charge on any atom is 0.317 e. The molecule has 1 aliphatic heterocycles. The van der Waals surface area contributed by atoms with Crippen molar-refractivity contribution in [2.45, 2.75) is 51.6 Å². The highest BCUT2D eigenvalue weighted by Gasteiger charge is 2.27. The molecule has 2 amide bonds. The standard InChI is InChI=1S/C22H28N4O2/c1-16-19-9-5-6-10-20(19)25-21(24-16)11-13-23-22(27)26-14-12-18(15-26)28-17-7-3-2-4-8-17/h2-4,7-8,18H,5-6,9-15H2,1H3,(H,23,27). The summed E-state index contributed by atoms with van der Waals surface area (Å²) in [5, 5.41) is 3.01. The third-order valence-electron chi connectivity index (χ3n) is 5.54. The number of hydrogen-bond donors (Lipinski definition) is 1. The van der Waals surface area contributed by atoms with Crippen molar-refractivity contribution in [1.29, 1.82) is 0 Å². The van der Waals surface area contributed by atoms with E-state index in [4.69, 9.17) is 9.72 Å². The number of nitrogens with one attached hydrogen (secondary N) is 1. The van der Waals surface area contributed by atoms with Crippen molar-refractivity contribution < 1.29 is 9.53 Å². The van der Waals surface area contributed by atoms with Crippen LogP contribution in [0, 0.1) is 6.92 Å². The molecule has 0 radical (unpaired) electrons. The summed E-state index contributed by atoms with van der Waals surface area (Å²) in [6, 6.07) is 9.74. The Morgan fingerprint density at radius 3 is 2.89 bits per heavy atom. The van der Waals surface area contributed by atoms with Crippen molar-refractivity contribution in [2.75, 3.05) is 19.6 Å². The van der Waals surface area contributed by atoms with Gasteiger partial charge in [0.2, 0.25) is 0 Å². The molecule has 1 atom stereocenters. The van der Waals surface area contributed by atoms with Crippen molar-refractivity contribution in [3.8, 4) is 5.75 Å². The molecule has 0 spiro atoms. The van der Waals surface area contributed by atoms with Crippen LogP contribution >= 0.6 is 0 Å². The van der Waals surface area contributed by atoms with E-state index in [-0.39, 0.29) is 12.1 Å². The molecule has 1 saturated heterocycles. The molecule has 1 aliphatic carbocycles. The molecule has 1 N–H and O–H groups in total. The van der Waals surface area contributed by atoms with Crippen LogP contribution < -0.4 is 10.1 Å². The first-order chi connectivity index (χ1) is 13.7. The predicted octanol–water partition coefficient (Wildman–Crippen LogP) is 3.07. The molecule has 4 rings (SSSR count). The molecule has 0 saturated carbocycles. The van der Waals surface area contributed by atoms with Gasteiger partial charge in [0, 0.05) is 37.3 Å². The number of carbonyl (C=O) groups excluding carboxylic acids is 1. The number of likely N-dealkylation sites (tertiary alicyclic amines) is 1. The fourth-order valence-corrected chi connectivity index (χ4v) is 4.05. The fraction of sp³-hybridized carbons (Fsp3) is 0.500. The monoisotopic (exact) mass is 380 g/mol. The van der Waals surface area contributed by atoms with Gasteiger partial charge in [0.05, 0.1) is 6.54 Å². The number of urea groups is 1. The first-order valence-electron chi connectivity index (χ1n) is 10.3. The normalized spacial score (nSPS) is 18.6. The Balaban J connectivity index is 1.24. The number of carbonyl (C=O) groups is 1. The number of aromatic nitrogens is 2. The van der Waals surface area contributed by atoms with Crippen LogP contribution in [0.4, 0.5) is 4.79 Å². The minimum absolute atomic E-state index is 0.0335. The van der Waals surface area contributed by atoms with Gasteiger partial charge in [0.15, 0.2) is 0 Å². The molecule has 1 unspecified atom stereocenters. The van der Waals surface area contributed by atoms with Gasteiger partial charge in [-0.2, -0.15) is 0 Å². The van der Waals surface area contributed by atoms with Crippen molar-refractivity contribution in [3.05, 3.63) is 53.1 Å². The topological polar surface area (TPSA) is 67.4 Å². The summed E-state index contributed by atoms with van der Waals surface area (Å²) in [7, 11) is 0. The van der Waals surface area contributed by atoms with E-state index in [0.29, 0.717) is 19.5 Å². The molecular formula is C22H28N4O2. The van der Waals surface area contributed by atoms with Crippen LogP contribution in [-0.4, -0.2) is 46.6 Å². The SMILES string of the molecule is Cc1nc(CCNC(=O)N2CCC(Oc3ccccc3)C2)nc2c1CCCC2. The van der Waals surface area contributed by atoms with Crippen LogP contribution in [0.1, 0.15) is 42.0 Å². The molecule has 1 aromatic heterocycles. The van der Waals surface area contributed by atoms with E-state index in [1.165, 1.54) is 24.1 Å². The largest absolute Gasteiger partial charge is 0.489 e. The van der Waals surface area contributed by atoms with Gasteiger partial charge in [0.1, 0.15) is 17.7 Å². The summed E-state index contributed by atoms with van der Waals surface area (Å²) in [6.45, 7) is 3.97. The highest BCUT2D eigenvalue weighted by atomic mass is 16.5. The molecule has 148 valence electrons. The smallest absolute Gasteiger partial charge is 0.317 e. The molecule has 28 heavy (non-hydrogen) atoms. The van der Waals surface area contributed by atoms with E-state index in [2.05, 4.69) is 17.2 Å². The van der Waals surface area contributed by atoms with E-state index >= 15 is 0 Å². The summed E-state index contributed by atoms with van der Waals surface area (Å²) < 4.78 is 5.95. The molecular weight excluding hydrogens is 352 g/mol. The van der Waals surface area contributed by atoms with E-state index in [1.807, 2.05) is 35.2 Å². The van der Waals surface area contributed by atoms with Gasteiger partial charge in [0.25, 0.3) is 0 Å². The van der Waals surface area contributed by atoms with Crippen molar-refractivity contribution >= 4 is 6.03 Å². The lowest BCUT2D eigenvalue weighted by Crippen LogP contribution is -2.40. The molecule has 6 nitrogen and oxygen atoms in total. The molecule has 2 aromatic rings. The molecule has 1 aromatic carbocycles. The maximum absolute atomic E-state index is 12.5. The average molecular weight is 380 g/mol. The number of aryl methyl sites for hydroxylation is 2. The quantitative estimate of drug-likeness (QED) is 0.866. The Bertz CT molecular complexity index is 825. The number of rotatable bonds is 5. The second-order valence-electron chi connectivity index (χ2n) is 7.63. The lowest BCUT2D eigenvalue weighted by Gasteiger charge is -2.19. The maximum atomic E-state index is 12.5. The van der Waals surface area contributed by atoms with E-state index in [9.17, 15) is 4.79 Å². The zero-order valence-corrected chi connectivity index (χ0v) is 16.5. The summed E-state index contributed by atoms with van der Waals surface area (Å²) in [4.78, 5) is 23.7. The van der Waals surface area contributed by atoms with Crippen LogP contribution in [0.3, 0.4) is 0 Å². The van der Waals surface area contributed by atoms with Crippen molar-refractivity contribution in [3.63, 3.8) is 0 Å². The third kappa shape index (κ3) is 4.43. The highest BCUT2D eigenvalue weighted by Crippen LogP contribution is 2.22. The first kappa shape index (κ1) is 18.7. The van der Waals surface area contributed by atoms with E-state index < -0.39 is 0 Å². The zero-order valence-electron chi connectivity index (χ0n) is 16.5. The molecule has 2 aliphatic rings. The minimum atomic E-state index is -0.0335. The number of ether oxygens (including phenoxy) is 1. The summed E-state index contributed by atoms with van der Waals surface area (Å²) in [5.74, 6) is 1.69. The molecule has 6 heteroatoms. The number of benzene rings is 1. The number of para-hydroxylation sites is 1. The van der Waals surface area contributed by atoms with Gasteiger partial charge < -0.3 is 15.0 Å². The van der Waals surface area contributed by atoms with Gasteiger partial charge in [-0.05, 0) is 50.3 Å². The van der Waals surface area contributed by atoms with Crippen LogP contribution in [0.15, 0.2) is 30.3 Å². The Labute approximate surface area is 166 Å². The average Bonchev–Trinajstić information content (AvgIpc) is 3.17. The van der Waals surface area contributed by atoms with Crippen LogP contribution in [0.2, 0.25) is 0 Å². The van der Waals surface area contributed by atoms with Gasteiger partial charge in [-0.1, -0.05) is 18.2 Å². The van der Waals surface area contributed by atoms with Gasteiger partial charge in [-0.25, -0.2) is 14.8 Å². The van der Waals surface area contributed by atoms with E-state index in [0.717, 1.165) is 43.1 Å². The van der Waals surface area contributed by atoms with Crippen LogP contribution in [0.25, 0.3) is 0 Å². The zero-order chi connectivity index (χ0) is 19.3. The highest BCUT2D eigenvalue weighted by molar-refractivity contribution is 5.74. The fourth-order valence-electron chi connectivity index (χ4n) is 4.05. The second-order valence-corrected chi connectivity index (χ2v) is 7.63. The number of hydrogen-bond acceptors (Lipinski definition) is 4. The van der Waals surface area contributed by atoms with Crippen molar-refractivity contribution in [1.82, 2.24) is 20.2 Å². The van der Waals surface area contributed by atoms with Crippen molar-refractivity contribution in [2.24, 2.45) is 0 Å². The second kappa shape index (κ2) is 8.59. The minimum Gasteiger partial charge on any atom is -0.489 e. The summed E-state index contributed by atoms with van der Waals surface area (Å²) in [6.07, 6.45) is 6.17. The Hall–Kier alpha value is -2.63. The molecule has 1 fully saturated rings.